The molecule has 19 heavy (non-hydrogen) atoms. The molecule has 0 aliphatic heterocycles. The van der Waals surface area contributed by atoms with Crippen molar-refractivity contribution < 1.29 is 4.39 Å². The van der Waals surface area contributed by atoms with Crippen molar-refractivity contribution in [3.05, 3.63) is 64.2 Å². The molecule has 0 amide bonds. The molecule has 0 saturated carbocycles. The van der Waals surface area contributed by atoms with E-state index in [9.17, 15) is 4.39 Å². The number of aromatic nitrogens is 1. The van der Waals surface area contributed by atoms with Gasteiger partial charge in [0.15, 0.2) is 0 Å². The van der Waals surface area contributed by atoms with Crippen molar-refractivity contribution >= 4 is 0 Å². The van der Waals surface area contributed by atoms with Gasteiger partial charge in [0.2, 0.25) is 0 Å². The van der Waals surface area contributed by atoms with Crippen LogP contribution in [0.2, 0.25) is 0 Å². The number of rotatable bonds is 0. The lowest BCUT2D eigenvalue weighted by Crippen LogP contribution is -2.15. The van der Waals surface area contributed by atoms with Crippen molar-refractivity contribution in [3.63, 3.8) is 0 Å². The first-order valence-electron chi connectivity index (χ1n) is 6.12. The van der Waals surface area contributed by atoms with Crippen molar-refractivity contribution in [1.29, 1.82) is 5.26 Å². The molecular weight excluding hydrogens is 241 g/mol. The van der Waals surface area contributed by atoms with Gasteiger partial charge in [-0.05, 0) is 47.7 Å². The van der Waals surface area contributed by atoms with Crippen LogP contribution in [-0.2, 0) is 12.8 Å². The van der Waals surface area contributed by atoms with Crippen molar-refractivity contribution in [2.45, 2.75) is 18.9 Å². The SMILES string of the molecule is N#Cc1ccc2c(c1)CCc1cc(F)cnc1C2N. The molecule has 0 saturated heterocycles. The lowest BCUT2D eigenvalue weighted by molar-refractivity contribution is 0.614. The van der Waals surface area contributed by atoms with Crippen molar-refractivity contribution in [2.24, 2.45) is 5.73 Å². The summed E-state index contributed by atoms with van der Waals surface area (Å²) in [5, 5.41) is 8.94. The minimum absolute atomic E-state index is 0.338. The average molecular weight is 253 g/mol. The van der Waals surface area contributed by atoms with Crippen LogP contribution in [0.4, 0.5) is 4.39 Å². The van der Waals surface area contributed by atoms with E-state index in [0.29, 0.717) is 12.0 Å². The summed E-state index contributed by atoms with van der Waals surface area (Å²) < 4.78 is 13.3. The predicted octanol–water partition coefficient (Wildman–Crippen LogP) is 2.24. The zero-order chi connectivity index (χ0) is 13.4. The maximum atomic E-state index is 13.3. The van der Waals surface area contributed by atoms with Crippen LogP contribution in [0.1, 0.15) is 34.0 Å². The second-order valence-corrected chi connectivity index (χ2v) is 4.70. The van der Waals surface area contributed by atoms with Gasteiger partial charge < -0.3 is 5.73 Å². The van der Waals surface area contributed by atoms with E-state index in [-0.39, 0.29) is 11.9 Å². The number of halogens is 1. The number of pyridine rings is 1. The minimum atomic E-state index is -0.360. The molecule has 3 rings (SSSR count). The van der Waals surface area contributed by atoms with Crippen LogP contribution >= 0.6 is 0 Å². The Morgan fingerprint density at radius 1 is 1.26 bits per heavy atom. The number of nitrogens with two attached hydrogens (primary N) is 1. The van der Waals surface area contributed by atoms with Gasteiger partial charge in [0, 0.05) is 0 Å². The first kappa shape index (κ1) is 11.8. The molecule has 0 radical (unpaired) electrons. The average Bonchev–Trinajstić information content (AvgIpc) is 2.56. The summed E-state index contributed by atoms with van der Waals surface area (Å²) in [5.74, 6) is -0.338. The number of fused-ring (bicyclic) bond motifs is 2. The van der Waals surface area contributed by atoms with E-state index >= 15 is 0 Å². The number of benzene rings is 1. The normalized spacial score (nSPS) is 17.0. The fourth-order valence-electron chi connectivity index (χ4n) is 2.58. The highest BCUT2D eigenvalue weighted by Crippen LogP contribution is 2.30. The lowest BCUT2D eigenvalue weighted by Gasteiger charge is -2.14. The molecule has 1 heterocycles. The fourth-order valence-corrected chi connectivity index (χ4v) is 2.58. The Kier molecular flexibility index (Phi) is 2.77. The van der Waals surface area contributed by atoms with Crippen molar-refractivity contribution in [3.8, 4) is 6.07 Å². The third kappa shape index (κ3) is 1.98. The van der Waals surface area contributed by atoms with E-state index in [1.807, 2.05) is 12.1 Å². The van der Waals surface area contributed by atoms with Crippen molar-refractivity contribution in [2.75, 3.05) is 0 Å². The molecule has 1 unspecified atom stereocenters. The summed E-state index contributed by atoms with van der Waals surface area (Å²) in [6, 6.07) is 8.75. The van der Waals surface area contributed by atoms with Crippen LogP contribution in [0, 0.1) is 17.1 Å². The molecule has 3 nitrogen and oxygen atoms in total. The van der Waals surface area contributed by atoms with E-state index in [1.54, 1.807) is 6.07 Å². The molecule has 4 heteroatoms. The Morgan fingerprint density at radius 3 is 2.84 bits per heavy atom. The number of hydrogen-bond acceptors (Lipinski definition) is 3. The molecule has 2 N–H and O–H groups in total. The molecule has 1 aromatic heterocycles. The molecule has 1 aliphatic carbocycles. The Bertz CT molecular complexity index is 688. The minimum Gasteiger partial charge on any atom is -0.319 e. The largest absolute Gasteiger partial charge is 0.319 e. The molecule has 2 aromatic rings. The Balaban J connectivity index is 2.14. The Morgan fingerprint density at radius 2 is 2.05 bits per heavy atom. The first-order chi connectivity index (χ1) is 9.19. The van der Waals surface area contributed by atoms with Gasteiger partial charge in [-0.15, -0.1) is 0 Å². The quantitative estimate of drug-likeness (QED) is 0.783. The highest BCUT2D eigenvalue weighted by atomic mass is 19.1. The van der Waals surface area contributed by atoms with E-state index < -0.39 is 0 Å². The van der Waals surface area contributed by atoms with E-state index in [0.717, 1.165) is 28.8 Å². The van der Waals surface area contributed by atoms with Gasteiger partial charge in [-0.2, -0.15) is 5.26 Å². The summed E-state index contributed by atoms with van der Waals surface area (Å²) in [6.07, 6.45) is 2.64. The topological polar surface area (TPSA) is 62.7 Å². The summed E-state index contributed by atoms with van der Waals surface area (Å²) >= 11 is 0. The van der Waals surface area contributed by atoms with Gasteiger partial charge in [0.1, 0.15) is 5.82 Å². The smallest absolute Gasteiger partial charge is 0.141 e. The van der Waals surface area contributed by atoms with Gasteiger partial charge in [-0.3, -0.25) is 4.98 Å². The summed E-state index contributed by atoms with van der Waals surface area (Å²) in [6.45, 7) is 0. The number of hydrogen-bond donors (Lipinski definition) is 1. The van der Waals surface area contributed by atoms with Gasteiger partial charge in [-0.25, -0.2) is 4.39 Å². The van der Waals surface area contributed by atoms with Crippen LogP contribution in [-0.4, -0.2) is 4.98 Å². The van der Waals surface area contributed by atoms with Crippen LogP contribution in [0.25, 0.3) is 0 Å². The Labute approximate surface area is 110 Å². The second-order valence-electron chi connectivity index (χ2n) is 4.70. The van der Waals surface area contributed by atoms with E-state index in [2.05, 4.69) is 11.1 Å². The highest BCUT2D eigenvalue weighted by Gasteiger charge is 2.22. The molecule has 0 bridgehead atoms. The zero-order valence-corrected chi connectivity index (χ0v) is 10.2. The van der Waals surface area contributed by atoms with E-state index in [4.69, 9.17) is 11.0 Å². The van der Waals surface area contributed by atoms with Crippen LogP contribution in [0.3, 0.4) is 0 Å². The van der Waals surface area contributed by atoms with E-state index in [1.165, 1.54) is 12.3 Å². The third-order valence-corrected chi connectivity index (χ3v) is 3.53. The molecule has 94 valence electrons. The summed E-state index contributed by atoms with van der Waals surface area (Å²) in [4.78, 5) is 4.14. The molecule has 1 atom stereocenters. The van der Waals surface area contributed by atoms with Crippen LogP contribution in [0.15, 0.2) is 30.5 Å². The highest BCUT2D eigenvalue weighted by molar-refractivity contribution is 5.45. The fraction of sp³-hybridized carbons (Fsp3) is 0.200. The third-order valence-electron chi connectivity index (χ3n) is 3.53. The number of nitrogens with zero attached hydrogens (tertiary/aromatic N) is 2. The first-order valence-corrected chi connectivity index (χ1v) is 6.12. The monoisotopic (exact) mass is 253 g/mol. The molecule has 1 aliphatic rings. The molecule has 0 fully saturated rings. The summed E-state index contributed by atoms with van der Waals surface area (Å²) in [5.41, 5.74) is 10.4. The number of nitriles is 1. The predicted molar refractivity (Wildman–Crippen MR) is 68.8 cm³/mol. The zero-order valence-electron chi connectivity index (χ0n) is 10.2. The Hall–Kier alpha value is -2.25. The number of aryl methyl sites for hydroxylation is 2. The van der Waals surface area contributed by atoms with Crippen LogP contribution < -0.4 is 5.73 Å². The maximum Gasteiger partial charge on any atom is 0.141 e. The molecule has 1 aromatic carbocycles. The molecular formula is C15H12FN3. The van der Waals surface area contributed by atoms with Crippen molar-refractivity contribution in [1.82, 2.24) is 4.98 Å². The van der Waals surface area contributed by atoms with Gasteiger partial charge >= 0.3 is 0 Å². The molecule has 0 spiro atoms. The standard InChI is InChI=1S/C15H12FN3/c16-12-6-11-3-2-10-5-9(7-17)1-4-13(10)14(18)15(11)19-8-12/h1,4-6,8,14H,2-3,18H2. The van der Waals surface area contributed by atoms with Gasteiger partial charge in [-0.1, -0.05) is 6.07 Å². The second kappa shape index (κ2) is 4.45. The van der Waals surface area contributed by atoms with Crippen LogP contribution in [0.5, 0.6) is 0 Å². The van der Waals surface area contributed by atoms with Gasteiger partial charge in [0.05, 0.1) is 29.6 Å². The van der Waals surface area contributed by atoms with Gasteiger partial charge in [0.25, 0.3) is 0 Å². The maximum absolute atomic E-state index is 13.3. The summed E-state index contributed by atoms with van der Waals surface area (Å²) in [7, 11) is 0. The lowest BCUT2D eigenvalue weighted by atomic mass is 9.97.